The molecule has 2 aliphatic heterocycles. The number of hydrogen-bond donors (Lipinski definition) is 0. The van der Waals surface area contributed by atoms with Gasteiger partial charge < -0.3 is 14.5 Å². The number of para-hydroxylation sites is 1. The fourth-order valence-corrected chi connectivity index (χ4v) is 4.37. The van der Waals surface area contributed by atoms with Gasteiger partial charge in [0, 0.05) is 29.8 Å². The minimum Gasteiger partial charge on any atom is -0.378 e. The zero-order chi connectivity index (χ0) is 18.5. The first-order valence-electron chi connectivity index (χ1n) is 9.14. The van der Waals surface area contributed by atoms with Crippen LogP contribution in [0.4, 0.5) is 5.69 Å². The van der Waals surface area contributed by atoms with E-state index in [1.807, 2.05) is 51.7 Å². The Morgan fingerprint density at radius 3 is 2.62 bits per heavy atom. The minimum atomic E-state index is 0.0458. The Hall–Kier alpha value is -1.57. The molecule has 1 aromatic rings. The minimum absolute atomic E-state index is 0.0458. The molecule has 0 bridgehead atoms. The number of ether oxygens (including phenoxy) is 1. The van der Waals surface area contributed by atoms with Crippen molar-refractivity contribution in [2.45, 2.75) is 23.5 Å². The Kier molecular flexibility index (Phi) is 6.56. The predicted octanol–water partition coefficient (Wildman–Crippen LogP) is 1.69. The maximum Gasteiger partial charge on any atom is 0.241 e. The number of benzene rings is 1. The highest BCUT2D eigenvalue weighted by atomic mass is 32.2. The van der Waals surface area contributed by atoms with Crippen LogP contribution in [-0.2, 0) is 14.3 Å². The first-order valence-corrected chi connectivity index (χ1v) is 10.0. The van der Waals surface area contributed by atoms with E-state index < -0.39 is 0 Å². The first-order chi connectivity index (χ1) is 12.5. The van der Waals surface area contributed by atoms with Gasteiger partial charge in [-0.05, 0) is 25.6 Å². The molecular weight excluding hydrogens is 350 g/mol. The lowest BCUT2D eigenvalue weighted by atomic mass is 10.2. The summed E-state index contributed by atoms with van der Waals surface area (Å²) in [4.78, 5) is 31.9. The van der Waals surface area contributed by atoms with Gasteiger partial charge in [0.2, 0.25) is 11.8 Å². The molecule has 6 nitrogen and oxygen atoms in total. The standard InChI is InChI=1S/C19H27N3O3S/c1-15-7-8-22(16-5-3-4-6-17(16)26-15)19(24)14-20(2)13-18(23)21-9-11-25-12-10-21/h3-6,15H,7-14H2,1-2H3/t15-/m1/s1. The molecule has 0 N–H and O–H groups in total. The molecule has 3 rings (SSSR count). The summed E-state index contributed by atoms with van der Waals surface area (Å²) in [6, 6.07) is 8.08. The number of carbonyl (C=O) groups is 2. The second kappa shape index (κ2) is 8.88. The summed E-state index contributed by atoms with van der Waals surface area (Å²) in [7, 11) is 1.83. The van der Waals surface area contributed by atoms with Crippen LogP contribution in [0.3, 0.4) is 0 Å². The zero-order valence-electron chi connectivity index (χ0n) is 15.5. The third-order valence-corrected chi connectivity index (χ3v) is 5.96. The molecule has 0 saturated carbocycles. The van der Waals surface area contributed by atoms with E-state index in [0.717, 1.165) is 23.5 Å². The largest absolute Gasteiger partial charge is 0.378 e. The summed E-state index contributed by atoms with van der Waals surface area (Å²) in [5, 5.41) is 0.481. The van der Waals surface area contributed by atoms with E-state index in [1.165, 1.54) is 0 Å². The molecule has 26 heavy (non-hydrogen) atoms. The molecule has 7 heteroatoms. The number of fused-ring (bicyclic) bond motifs is 1. The molecule has 0 unspecified atom stereocenters. The summed E-state index contributed by atoms with van der Waals surface area (Å²) in [5.74, 6) is 0.105. The molecule has 0 spiro atoms. The molecule has 0 aliphatic carbocycles. The summed E-state index contributed by atoms with van der Waals surface area (Å²) >= 11 is 1.82. The van der Waals surface area contributed by atoms with Crippen LogP contribution in [0.25, 0.3) is 0 Å². The monoisotopic (exact) mass is 377 g/mol. The van der Waals surface area contributed by atoms with Gasteiger partial charge in [-0.1, -0.05) is 19.1 Å². The quantitative estimate of drug-likeness (QED) is 0.799. The number of hydrogen-bond acceptors (Lipinski definition) is 5. The number of thioether (sulfide) groups is 1. The summed E-state index contributed by atoms with van der Waals surface area (Å²) < 4.78 is 5.28. The van der Waals surface area contributed by atoms with Crippen molar-refractivity contribution in [3.8, 4) is 0 Å². The van der Waals surface area contributed by atoms with Crippen LogP contribution in [0.2, 0.25) is 0 Å². The lowest BCUT2D eigenvalue weighted by Gasteiger charge is -2.29. The van der Waals surface area contributed by atoms with E-state index in [9.17, 15) is 9.59 Å². The number of carbonyl (C=O) groups excluding carboxylic acids is 2. The van der Waals surface area contributed by atoms with Crippen LogP contribution in [0.15, 0.2) is 29.2 Å². The van der Waals surface area contributed by atoms with E-state index in [-0.39, 0.29) is 24.9 Å². The smallest absolute Gasteiger partial charge is 0.241 e. The first kappa shape index (κ1) is 19.2. The summed E-state index contributed by atoms with van der Waals surface area (Å²) in [5.41, 5.74) is 0.986. The van der Waals surface area contributed by atoms with Gasteiger partial charge >= 0.3 is 0 Å². The SMILES string of the molecule is C[C@@H]1CCN(C(=O)CN(C)CC(=O)N2CCOCC2)c2ccccc2S1. The van der Waals surface area contributed by atoms with Crippen molar-refractivity contribution in [2.24, 2.45) is 0 Å². The van der Waals surface area contributed by atoms with Crippen molar-refractivity contribution >= 4 is 29.3 Å². The molecule has 142 valence electrons. The number of morpholine rings is 1. The molecule has 2 heterocycles. The Labute approximate surface area is 159 Å². The van der Waals surface area contributed by atoms with Crippen LogP contribution in [0, 0.1) is 0 Å². The Morgan fingerprint density at radius 1 is 1.15 bits per heavy atom. The van der Waals surface area contributed by atoms with Crippen molar-refractivity contribution in [1.29, 1.82) is 0 Å². The van der Waals surface area contributed by atoms with Crippen molar-refractivity contribution in [3.63, 3.8) is 0 Å². The highest BCUT2D eigenvalue weighted by Crippen LogP contribution is 2.37. The van der Waals surface area contributed by atoms with Crippen LogP contribution in [0.1, 0.15) is 13.3 Å². The van der Waals surface area contributed by atoms with Crippen LogP contribution in [0.5, 0.6) is 0 Å². The summed E-state index contributed by atoms with van der Waals surface area (Å²) in [6.45, 7) is 5.86. The van der Waals surface area contributed by atoms with Crippen molar-refractivity contribution in [1.82, 2.24) is 9.80 Å². The van der Waals surface area contributed by atoms with Gasteiger partial charge in [-0.25, -0.2) is 0 Å². The highest BCUT2D eigenvalue weighted by molar-refractivity contribution is 8.00. The Bertz CT molecular complexity index is 649. The second-order valence-electron chi connectivity index (χ2n) is 6.90. The van der Waals surface area contributed by atoms with Gasteiger partial charge in [0.1, 0.15) is 0 Å². The van der Waals surface area contributed by atoms with E-state index in [0.29, 0.717) is 31.6 Å². The van der Waals surface area contributed by atoms with E-state index >= 15 is 0 Å². The van der Waals surface area contributed by atoms with Crippen molar-refractivity contribution < 1.29 is 14.3 Å². The number of anilines is 1. The molecule has 0 aromatic heterocycles. The van der Waals surface area contributed by atoms with Crippen LogP contribution < -0.4 is 4.90 Å². The topological polar surface area (TPSA) is 53.1 Å². The third-order valence-electron chi connectivity index (χ3n) is 4.72. The zero-order valence-corrected chi connectivity index (χ0v) is 16.3. The fraction of sp³-hybridized carbons (Fsp3) is 0.579. The number of rotatable bonds is 4. The molecule has 1 fully saturated rings. The fourth-order valence-electron chi connectivity index (χ4n) is 3.26. The molecule has 0 radical (unpaired) electrons. The average Bonchev–Trinajstić information content (AvgIpc) is 2.80. The summed E-state index contributed by atoms with van der Waals surface area (Å²) in [6.07, 6.45) is 0.960. The maximum atomic E-state index is 12.9. The van der Waals surface area contributed by atoms with Gasteiger partial charge in [0.15, 0.2) is 0 Å². The van der Waals surface area contributed by atoms with E-state index in [1.54, 1.807) is 0 Å². The van der Waals surface area contributed by atoms with Gasteiger partial charge in [0.05, 0.1) is 32.0 Å². The Morgan fingerprint density at radius 2 is 1.85 bits per heavy atom. The van der Waals surface area contributed by atoms with Gasteiger partial charge in [-0.2, -0.15) is 0 Å². The van der Waals surface area contributed by atoms with Crippen LogP contribution in [-0.4, -0.2) is 79.8 Å². The lowest BCUT2D eigenvalue weighted by molar-refractivity contribution is -0.136. The molecule has 1 aromatic carbocycles. The van der Waals surface area contributed by atoms with Crippen molar-refractivity contribution in [3.05, 3.63) is 24.3 Å². The second-order valence-corrected chi connectivity index (χ2v) is 8.38. The van der Waals surface area contributed by atoms with Crippen LogP contribution >= 0.6 is 11.8 Å². The number of nitrogens with zero attached hydrogens (tertiary/aromatic N) is 3. The van der Waals surface area contributed by atoms with Gasteiger partial charge in [-0.15, -0.1) is 11.8 Å². The molecule has 1 saturated heterocycles. The van der Waals surface area contributed by atoms with E-state index in [4.69, 9.17) is 4.74 Å². The lowest BCUT2D eigenvalue weighted by Crippen LogP contribution is -2.47. The van der Waals surface area contributed by atoms with Gasteiger partial charge in [0.25, 0.3) is 0 Å². The molecule has 2 amide bonds. The predicted molar refractivity (Wildman–Crippen MR) is 104 cm³/mol. The highest BCUT2D eigenvalue weighted by Gasteiger charge is 2.26. The average molecular weight is 378 g/mol. The maximum absolute atomic E-state index is 12.9. The molecular formula is C19H27N3O3S. The third kappa shape index (κ3) is 4.78. The van der Waals surface area contributed by atoms with Gasteiger partial charge in [-0.3, -0.25) is 14.5 Å². The Balaban J connectivity index is 1.61. The molecule has 2 aliphatic rings. The van der Waals surface area contributed by atoms with Crippen molar-refractivity contribution in [2.75, 3.05) is 57.9 Å². The number of likely N-dealkylation sites (N-methyl/N-ethyl adjacent to an activating group) is 1. The normalized spacial score (nSPS) is 20.7. The number of amides is 2. The molecule has 1 atom stereocenters. The van der Waals surface area contributed by atoms with E-state index in [2.05, 4.69) is 13.0 Å².